The number of hydrogen-bond donors (Lipinski definition) is 7. The minimum Gasteiger partial charge on any atom is -0.481 e. The Morgan fingerprint density at radius 3 is 1.87 bits per heavy atom. The molecule has 0 bridgehead atoms. The molecule has 3 atom stereocenters. The van der Waals surface area contributed by atoms with Crippen molar-refractivity contribution in [2.24, 2.45) is 0 Å². The molecule has 0 spiro atoms. The van der Waals surface area contributed by atoms with Crippen molar-refractivity contribution in [1.29, 1.82) is 0 Å². The zero-order valence-electron chi connectivity index (χ0n) is 15.9. The topological polar surface area (TPSA) is 237 Å². The molecule has 0 aliphatic carbocycles. The standard InChI is InChI=1S/C15H25N2O12P/c18-11(4-1-5-12(19)20)16-9(14(23)24)3-2-8-29-30(27,28)17-10(15(25)26)6-7-13(21)22/h9-10H,1-8H2,(H,16,18)(H,19,20)(H,21,22)(H,23,24)(H,25,26)(H2,17,27,28). The number of carboxylic acids is 4. The summed E-state index contributed by atoms with van der Waals surface area (Å²) in [6.07, 6.45) is -1.70. The molecule has 0 rings (SSSR count). The lowest BCUT2D eigenvalue weighted by Crippen LogP contribution is -2.40. The van der Waals surface area contributed by atoms with Crippen molar-refractivity contribution in [2.75, 3.05) is 6.61 Å². The van der Waals surface area contributed by atoms with Gasteiger partial charge in [0.15, 0.2) is 0 Å². The lowest BCUT2D eigenvalue weighted by atomic mass is 10.1. The lowest BCUT2D eigenvalue weighted by molar-refractivity contribution is -0.142. The Labute approximate surface area is 170 Å². The molecule has 1 amide bonds. The van der Waals surface area contributed by atoms with Crippen LogP contribution in [0.25, 0.3) is 0 Å². The van der Waals surface area contributed by atoms with Gasteiger partial charge in [0.25, 0.3) is 0 Å². The van der Waals surface area contributed by atoms with Crippen LogP contribution < -0.4 is 10.4 Å². The average molecular weight is 456 g/mol. The van der Waals surface area contributed by atoms with Gasteiger partial charge in [0.1, 0.15) is 12.1 Å². The minimum absolute atomic E-state index is 0.0304. The Kier molecular flexibility index (Phi) is 12.5. The van der Waals surface area contributed by atoms with Crippen LogP contribution in [0.1, 0.15) is 44.9 Å². The third kappa shape index (κ3) is 13.6. The van der Waals surface area contributed by atoms with Crippen molar-refractivity contribution in [1.82, 2.24) is 10.4 Å². The highest BCUT2D eigenvalue weighted by atomic mass is 31.2. The van der Waals surface area contributed by atoms with Crippen LogP contribution in [0.4, 0.5) is 0 Å². The van der Waals surface area contributed by atoms with Gasteiger partial charge in [-0.25, -0.2) is 14.4 Å². The van der Waals surface area contributed by atoms with Gasteiger partial charge < -0.3 is 30.6 Å². The first-order valence-corrected chi connectivity index (χ1v) is 10.4. The summed E-state index contributed by atoms with van der Waals surface area (Å²) < 4.78 is 16.5. The van der Waals surface area contributed by atoms with Crippen LogP contribution in [-0.4, -0.2) is 73.8 Å². The molecule has 0 heterocycles. The number of carbonyl (C=O) groups is 5. The number of carboxylic acid groups (broad SMARTS) is 4. The van der Waals surface area contributed by atoms with Crippen LogP contribution in [0, 0.1) is 0 Å². The largest absolute Gasteiger partial charge is 0.481 e. The molecule has 15 heteroatoms. The Balaban J connectivity index is 4.47. The smallest absolute Gasteiger partial charge is 0.403 e. The SMILES string of the molecule is O=C(O)CCCC(=O)NC(CCCOP(=O)(O)NC(CCC(=O)O)C(=O)O)C(=O)O. The Hall–Kier alpha value is -2.54. The fourth-order valence-electron chi connectivity index (χ4n) is 2.15. The first-order valence-electron chi connectivity index (χ1n) is 8.77. The summed E-state index contributed by atoms with van der Waals surface area (Å²) >= 11 is 0. The van der Waals surface area contributed by atoms with Crippen molar-refractivity contribution in [3.63, 3.8) is 0 Å². The Morgan fingerprint density at radius 1 is 0.800 bits per heavy atom. The van der Waals surface area contributed by atoms with E-state index in [-0.39, 0.29) is 32.1 Å². The van der Waals surface area contributed by atoms with E-state index in [0.29, 0.717) is 0 Å². The van der Waals surface area contributed by atoms with E-state index in [1.165, 1.54) is 0 Å². The predicted molar refractivity (Wildman–Crippen MR) is 97.5 cm³/mol. The summed E-state index contributed by atoms with van der Waals surface area (Å²) in [5, 5.41) is 39.1. The van der Waals surface area contributed by atoms with Crippen LogP contribution in [-0.2, 0) is 33.1 Å². The summed E-state index contributed by atoms with van der Waals surface area (Å²) in [6.45, 7) is -0.454. The molecule has 30 heavy (non-hydrogen) atoms. The van der Waals surface area contributed by atoms with Crippen LogP contribution in [0.2, 0.25) is 0 Å². The zero-order valence-corrected chi connectivity index (χ0v) is 16.7. The molecule has 0 aromatic heterocycles. The van der Waals surface area contributed by atoms with Gasteiger partial charge in [-0.15, -0.1) is 0 Å². The van der Waals surface area contributed by atoms with E-state index in [9.17, 15) is 33.4 Å². The van der Waals surface area contributed by atoms with Gasteiger partial charge in [-0.1, -0.05) is 0 Å². The summed E-state index contributed by atoms with van der Waals surface area (Å²) in [6, 6.07) is -2.98. The second-order valence-corrected chi connectivity index (χ2v) is 7.71. The molecule has 0 radical (unpaired) electrons. The van der Waals surface area contributed by atoms with E-state index >= 15 is 0 Å². The monoisotopic (exact) mass is 456 g/mol. The van der Waals surface area contributed by atoms with E-state index < -0.39 is 69.1 Å². The molecule has 0 fully saturated rings. The number of hydrogen-bond acceptors (Lipinski definition) is 7. The highest BCUT2D eigenvalue weighted by Crippen LogP contribution is 2.38. The average Bonchev–Trinajstić information content (AvgIpc) is 2.60. The predicted octanol–water partition coefficient (Wildman–Crippen LogP) is -0.384. The zero-order chi connectivity index (χ0) is 23.3. The van der Waals surface area contributed by atoms with Crippen molar-refractivity contribution in [3.05, 3.63) is 0 Å². The molecule has 14 nitrogen and oxygen atoms in total. The maximum atomic E-state index is 11.9. The van der Waals surface area contributed by atoms with Gasteiger partial charge in [0, 0.05) is 19.3 Å². The molecular formula is C15H25N2O12P. The Bertz CT molecular complexity index is 683. The first kappa shape index (κ1) is 27.5. The van der Waals surface area contributed by atoms with E-state index in [0.717, 1.165) is 0 Å². The summed E-state index contributed by atoms with van der Waals surface area (Å²) in [7, 11) is -4.61. The number of aliphatic carboxylic acids is 4. The van der Waals surface area contributed by atoms with Crippen molar-refractivity contribution in [2.45, 2.75) is 57.0 Å². The van der Waals surface area contributed by atoms with E-state index in [2.05, 4.69) is 9.84 Å². The summed E-state index contributed by atoms with van der Waals surface area (Å²) in [4.78, 5) is 64.4. The fourth-order valence-corrected chi connectivity index (χ4v) is 3.23. The van der Waals surface area contributed by atoms with Crippen molar-refractivity contribution < 1.29 is 58.4 Å². The maximum Gasteiger partial charge on any atom is 0.403 e. The highest BCUT2D eigenvalue weighted by molar-refractivity contribution is 7.50. The van der Waals surface area contributed by atoms with E-state index in [4.69, 9.17) is 20.4 Å². The third-order valence-electron chi connectivity index (χ3n) is 3.60. The van der Waals surface area contributed by atoms with Crippen LogP contribution in [0.5, 0.6) is 0 Å². The molecule has 0 aromatic carbocycles. The van der Waals surface area contributed by atoms with E-state index in [1.54, 1.807) is 0 Å². The highest BCUT2D eigenvalue weighted by Gasteiger charge is 2.29. The van der Waals surface area contributed by atoms with Gasteiger partial charge in [0.05, 0.1) is 6.61 Å². The maximum absolute atomic E-state index is 11.9. The van der Waals surface area contributed by atoms with E-state index in [1.807, 2.05) is 5.09 Å². The number of amides is 1. The molecule has 0 saturated heterocycles. The van der Waals surface area contributed by atoms with Crippen molar-refractivity contribution in [3.8, 4) is 0 Å². The Morgan fingerprint density at radius 2 is 1.37 bits per heavy atom. The van der Waals surface area contributed by atoms with Gasteiger partial charge in [-0.3, -0.25) is 23.7 Å². The quantitative estimate of drug-likeness (QED) is 0.109. The number of nitrogens with one attached hydrogen (secondary N) is 2. The molecular weight excluding hydrogens is 431 g/mol. The summed E-state index contributed by atoms with van der Waals surface area (Å²) in [5.74, 6) is -5.97. The van der Waals surface area contributed by atoms with Gasteiger partial charge in [0.2, 0.25) is 5.91 Å². The number of rotatable bonds is 17. The number of carbonyl (C=O) groups excluding carboxylic acids is 1. The lowest BCUT2D eigenvalue weighted by Gasteiger charge is -2.19. The molecule has 7 N–H and O–H groups in total. The molecule has 0 saturated carbocycles. The second kappa shape index (κ2) is 13.6. The summed E-state index contributed by atoms with van der Waals surface area (Å²) in [5.41, 5.74) is 0. The fraction of sp³-hybridized carbons (Fsp3) is 0.667. The molecule has 172 valence electrons. The van der Waals surface area contributed by atoms with Crippen LogP contribution in [0.15, 0.2) is 0 Å². The molecule has 3 unspecified atom stereocenters. The second-order valence-electron chi connectivity index (χ2n) is 6.15. The van der Waals surface area contributed by atoms with Crippen LogP contribution >= 0.6 is 7.75 Å². The third-order valence-corrected chi connectivity index (χ3v) is 4.77. The van der Waals surface area contributed by atoms with Crippen molar-refractivity contribution >= 4 is 37.5 Å². The van der Waals surface area contributed by atoms with Gasteiger partial charge in [-0.2, -0.15) is 0 Å². The van der Waals surface area contributed by atoms with Crippen LogP contribution in [0.3, 0.4) is 0 Å². The normalized spacial score (nSPS) is 14.8. The first-order chi connectivity index (χ1) is 13.8. The van der Waals surface area contributed by atoms with Gasteiger partial charge in [-0.05, 0) is 25.7 Å². The molecule has 0 aliphatic rings. The molecule has 0 aliphatic heterocycles. The molecule has 0 aromatic rings. The minimum atomic E-state index is -4.61. The van der Waals surface area contributed by atoms with Gasteiger partial charge >= 0.3 is 31.6 Å².